The van der Waals surface area contributed by atoms with Gasteiger partial charge in [0.15, 0.2) is 0 Å². The summed E-state index contributed by atoms with van der Waals surface area (Å²) in [5, 5.41) is 13.6. The first-order valence-electron chi connectivity index (χ1n) is 6.26. The molecule has 1 fully saturated rings. The van der Waals surface area contributed by atoms with Gasteiger partial charge in [-0.05, 0) is 11.6 Å². The van der Waals surface area contributed by atoms with Crippen LogP contribution in [-0.4, -0.2) is 42.2 Å². The molecule has 0 saturated carbocycles. The zero-order chi connectivity index (χ0) is 15.6. The van der Waals surface area contributed by atoms with Gasteiger partial charge in [0.1, 0.15) is 11.1 Å². The Hall–Kier alpha value is -0.800. The molecule has 0 spiro atoms. The number of rotatable bonds is 3. The second-order valence-corrected chi connectivity index (χ2v) is 5.11. The molecular formula is C12H15Cl3F3N3O2. The van der Waals surface area contributed by atoms with Crippen LogP contribution in [0.2, 0.25) is 5.02 Å². The summed E-state index contributed by atoms with van der Waals surface area (Å²) >= 11 is 5.65. The summed E-state index contributed by atoms with van der Waals surface area (Å²) in [7, 11) is 0. The Morgan fingerprint density at radius 1 is 1.26 bits per heavy atom. The number of nitrogens with zero attached hydrogens (tertiary/aromatic N) is 2. The van der Waals surface area contributed by atoms with E-state index in [1.807, 2.05) is 0 Å². The number of nitro benzene ring substituents is 1. The highest BCUT2D eigenvalue weighted by Crippen LogP contribution is 2.40. The number of hydrogen-bond donors (Lipinski definition) is 1. The minimum Gasteiger partial charge on any atom is -0.314 e. The topological polar surface area (TPSA) is 58.4 Å². The summed E-state index contributed by atoms with van der Waals surface area (Å²) in [4.78, 5) is 11.3. The van der Waals surface area contributed by atoms with Gasteiger partial charge >= 0.3 is 6.18 Å². The van der Waals surface area contributed by atoms with Crippen LogP contribution in [0.4, 0.5) is 18.9 Å². The Morgan fingerprint density at radius 3 is 2.30 bits per heavy atom. The lowest BCUT2D eigenvalue weighted by atomic mass is 10.0. The van der Waals surface area contributed by atoms with Crippen molar-refractivity contribution in [2.24, 2.45) is 0 Å². The normalized spacial score (nSPS) is 16.9. The SMILES string of the molecule is Cl.Cl.O=[N+]([O-])c1cc([C@@H](N2CCNCC2)C(F)(F)F)ccc1Cl. The summed E-state index contributed by atoms with van der Waals surface area (Å²) in [6.45, 7) is 1.34. The van der Waals surface area contributed by atoms with Crippen molar-refractivity contribution in [3.8, 4) is 0 Å². The summed E-state index contributed by atoms with van der Waals surface area (Å²) in [6.07, 6.45) is -4.51. The third kappa shape index (κ3) is 5.36. The molecule has 5 nitrogen and oxygen atoms in total. The van der Waals surface area contributed by atoms with E-state index in [2.05, 4.69) is 5.32 Å². The van der Waals surface area contributed by atoms with Crippen LogP contribution in [-0.2, 0) is 0 Å². The number of alkyl halides is 3. The number of nitro groups is 1. The quantitative estimate of drug-likeness (QED) is 0.626. The van der Waals surface area contributed by atoms with E-state index in [1.54, 1.807) is 0 Å². The lowest BCUT2D eigenvalue weighted by Crippen LogP contribution is -2.49. The fraction of sp³-hybridized carbons (Fsp3) is 0.500. The van der Waals surface area contributed by atoms with Gasteiger partial charge in [-0.15, -0.1) is 24.8 Å². The molecule has 0 amide bonds. The zero-order valence-corrected chi connectivity index (χ0v) is 14.1. The van der Waals surface area contributed by atoms with Gasteiger partial charge in [-0.25, -0.2) is 0 Å². The Bertz CT molecular complexity index is 540. The number of piperazine rings is 1. The van der Waals surface area contributed by atoms with E-state index in [0.717, 1.165) is 12.1 Å². The third-order valence-corrected chi connectivity index (χ3v) is 3.63. The summed E-state index contributed by atoms with van der Waals surface area (Å²) in [5.74, 6) is 0. The Balaban J connectivity index is 0.00000242. The molecule has 1 heterocycles. The maximum Gasteiger partial charge on any atom is 0.408 e. The van der Waals surface area contributed by atoms with Crippen LogP contribution in [0.15, 0.2) is 18.2 Å². The number of halogens is 6. The molecule has 132 valence electrons. The Kier molecular flexibility index (Phi) is 8.58. The highest BCUT2D eigenvalue weighted by atomic mass is 35.5. The first-order chi connectivity index (χ1) is 9.80. The second kappa shape index (κ2) is 8.89. The highest BCUT2D eigenvalue weighted by Gasteiger charge is 2.45. The van der Waals surface area contributed by atoms with Crippen molar-refractivity contribution in [1.29, 1.82) is 0 Å². The van der Waals surface area contributed by atoms with Gasteiger partial charge in [0.05, 0.1) is 4.92 Å². The van der Waals surface area contributed by atoms with Gasteiger partial charge in [-0.1, -0.05) is 17.7 Å². The van der Waals surface area contributed by atoms with Gasteiger partial charge < -0.3 is 5.32 Å². The van der Waals surface area contributed by atoms with Gasteiger partial charge in [0, 0.05) is 32.2 Å². The molecule has 1 aromatic rings. The molecule has 1 N–H and O–H groups in total. The van der Waals surface area contributed by atoms with Gasteiger partial charge in [0.25, 0.3) is 5.69 Å². The minimum absolute atomic E-state index is 0. The zero-order valence-electron chi connectivity index (χ0n) is 11.7. The summed E-state index contributed by atoms with van der Waals surface area (Å²) in [5.41, 5.74) is -0.681. The molecular weight excluding hydrogens is 382 g/mol. The lowest BCUT2D eigenvalue weighted by Gasteiger charge is -2.36. The van der Waals surface area contributed by atoms with Crippen LogP contribution in [0.5, 0.6) is 0 Å². The van der Waals surface area contributed by atoms with Crippen LogP contribution in [0, 0.1) is 10.1 Å². The molecule has 1 aliphatic heterocycles. The number of nitrogens with one attached hydrogen (secondary N) is 1. The molecule has 1 atom stereocenters. The van der Waals surface area contributed by atoms with Crippen molar-refractivity contribution < 1.29 is 18.1 Å². The molecule has 23 heavy (non-hydrogen) atoms. The third-order valence-electron chi connectivity index (χ3n) is 3.31. The molecule has 0 unspecified atom stereocenters. The van der Waals surface area contributed by atoms with Crippen LogP contribution in [0.25, 0.3) is 0 Å². The van der Waals surface area contributed by atoms with Crippen molar-refractivity contribution in [3.05, 3.63) is 38.9 Å². The molecule has 11 heteroatoms. The molecule has 0 aromatic heterocycles. The largest absolute Gasteiger partial charge is 0.408 e. The van der Waals surface area contributed by atoms with Crippen molar-refractivity contribution in [1.82, 2.24) is 10.2 Å². The van der Waals surface area contributed by atoms with E-state index in [9.17, 15) is 23.3 Å². The van der Waals surface area contributed by atoms with Crippen molar-refractivity contribution in [2.45, 2.75) is 12.2 Å². The van der Waals surface area contributed by atoms with Crippen LogP contribution >= 0.6 is 36.4 Å². The van der Waals surface area contributed by atoms with E-state index in [0.29, 0.717) is 13.1 Å². The maximum atomic E-state index is 13.4. The second-order valence-electron chi connectivity index (χ2n) is 4.70. The lowest BCUT2D eigenvalue weighted by molar-refractivity contribution is -0.384. The van der Waals surface area contributed by atoms with Gasteiger partial charge in [-0.2, -0.15) is 13.2 Å². The first-order valence-corrected chi connectivity index (χ1v) is 6.64. The average molecular weight is 397 g/mol. The molecule has 0 bridgehead atoms. The number of hydrogen-bond acceptors (Lipinski definition) is 4. The Morgan fingerprint density at radius 2 is 1.83 bits per heavy atom. The maximum absolute atomic E-state index is 13.4. The molecule has 0 aliphatic carbocycles. The van der Waals surface area contributed by atoms with Crippen LogP contribution < -0.4 is 5.32 Å². The van der Waals surface area contributed by atoms with Crippen molar-refractivity contribution >= 4 is 42.1 Å². The van der Waals surface area contributed by atoms with Gasteiger partial charge in [0.2, 0.25) is 0 Å². The van der Waals surface area contributed by atoms with Crippen LogP contribution in [0.3, 0.4) is 0 Å². The van der Waals surface area contributed by atoms with Gasteiger partial charge in [-0.3, -0.25) is 15.0 Å². The summed E-state index contributed by atoms with van der Waals surface area (Å²) in [6, 6.07) is 1.36. The van der Waals surface area contributed by atoms with Crippen molar-refractivity contribution in [2.75, 3.05) is 26.2 Å². The van der Waals surface area contributed by atoms with E-state index in [1.165, 1.54) is 11.0 Å². The van der Waals surface area contributed by atoms with E-state index < -0.39 is 22.8 Å². The highest BCUT2D eigenvalue weighted by molar-refractivity contribution is 6.32. The molecule has 0 radical (unpaired) electrons. The molecule has 2 rings (SSSR count). The predicted molar refractivity (Wildman–Crippen MR) is 85.8 cm³/mol. The van der Waals surface area contributed by atoms with E-state index in [4.69, 9.17) is 11.6 Å². The Labute approximate surface area is 148 Å². The smallest absolute Gasteiger partial charge is 0.314 e. The first kappa shape index (κ1) is 22.2. The molecule has 1 aliphatic rings. The van der Waals surface area contributed by atoms with Crippen LogP contribution in [0.1, 0.15) is 11.6 Å². The van der Waals surface area contributed by atoms with E-state index >= 15 is 0 Å². The predicted octanol–water partition coefficient (Wildman–Crippen LogP) is 3.60. The fourth-order valence-electron chi connectivity index (χ4n) is 2.39. The monoisotopic (exact) mass is 395 g/mol. The summed E-state index contributed by atoms with van der Waals surface area (Å²) < 4.78 is 40.1. The fourth-order valence-corrected chi connectivity index (χ4v) is 2.57. The molecule has 1 saturated heterocycles. The molecule has 1 aromatic carbocycles. The van der Waals surface area contributed by atoms with Crippen molar-refractivity contribution in [3.63, 3.8) is 0 Å². The van der Waals surface area contributed by atoms with E-state index in [-0.39, 0.29) is 48.5 Å². The minimum atomic E-state index is -4.51. The average Bonchev–Trinajstić information content (AvgIpc) is 2.40. The standard InChI is InChI=1S/C12H13ClF3N3O2.2ClH/c13-9-2-1-8(7-10(9)19(20)21)11(12(14,15)16)18-5-3-17-4-6-18;;/h1-2,7,11,17H,3-6H2;2*1H/t11-;;/m1../s1. The number of benzene rings is 1.